The SMILES string of the molecule is CCCc1nnsc1C(O)C1CCOC2(CCCC2)C1. The van der Waals surface area contributed by atoms with Crippen molar-refractivity contribution in [3.63, 3.8) is 0 Å². The Morgan fingerprint density at radius 1 is 1.45 bits per heavy atom. The summed E-state index contributed by atoms with van der Waals surface area (Å²) in [6.45, 7) is 2.93. The molecule has 0 radical (unpaired) electrons. The minimum Gasteiger partial charge on any atom is -0.387 e. The molecule has 2 fully saturated rings. The summed E-state index contributed by atoms with van der Waals surface area (Å²) in [5.41, 5.74) is 1.06. The first-order valence-corrected chi connectivity index (χ1v) is 8.64. The molecule has 2 atom stereocenters. The summed E-state index contributed by atoms with van der Waals surface area (Å²) in [7, 11) is 0. The molecule has 0 bridgehead atoms. The number of aryl methyl sites for hydroxylation is 1. The van der Waals surface area contributed by atoms with E-state index in [1.54, 1.807) is 0 Å². The third-order valence-electron chi connectivity index (χ3n) is 4.83. The number of hydrogen-bond acceptors (Lipinski definition) is 5. The van der Waals surface area contributed by atoms with Crippen molar-refractivity contribution in [2.75, 3.05) is 6.61 Å². The van der Waals surface area contributed by atoms with Crippen LogP contribution >= 0.6 is 11.5 Å². The fraction of sp³-hybridized carbons (Fsp3) is 0.867. The zero-order chi connectivity index (χ0) is 14.0. The molecule has 2 aliphatic rings. The van der Waals surface area contributed by atoms with Gasteiger partial charge in [-0.15, -0.1) is 5.10 Å². The zero-order valence-electron chi connectivity index (χ0n) is 12.2. The molecular formula is C15H24N2O2S. The molecule has 1 aromatic rings. The van der Waals surface area contributed by atoms with Crippen molar-refractivity contribution in [1.29, 1.82) is 0 Å². The van der Waals surface area contributed by atoms with Crippen LogP contribution in [0.25, 0.3) is 0 Å². The summed E-state index contributed by atoms with van der Waals surface area (Å²) in [6, 6.07) is 0. The Kier molecular flexibility index (Phi) is 4.38. The van der Waals surface area contributed by atoms with Crippen LogP contribution in [0, 0.1) is 5.92 Å². The van der Waals surface area contributed by atoms with Gasteiger partial charge in [-0.25, -0.2) is 0 Å². The van der Waals surface area contributed by atoms with Gasteiger partial charge in [0, 0.05) is 6.61 Å². The van der Waals surface area contributed by atoms with Gasteiger partial charge in [0.1, 0.15) is 0 Å². The van der Waals surface area contributed by atoms with E-state index in [-0.39, 0.29) is 5.60 Å². The van der Waals surface area contributed by atoms with E-state index >= 15 is 0 Å². The van der Waals surface area contributed by atoms with Crippen LogP contribution < -0.4 is 0 Å². The summed E-state index contributed by atoms with van der Waals surface area (Å²) >= 11 is 1.37. The summed E-state index contributed by atoms with van der Waals surface area (Å²) in [5, 5.41) is 14.9. The molecule has 1 aliphatic heterocycles. The maximum Gasteiger partial charge on any atom is 0.0947 e. The molecule has 1 aliphatic carbocycles. The van der Waals surface area contributed by atoms with Gasteiger partial charge in [-0.05, 0) is 49.6 Å². The second kappa shape index (κ2) is 6.08. The highest BCUT2D eigenvalue weighted by Crippen LogP contribution is 2.46. The first-order chi connectivity index (χ1) is 9.74. The van der Waals surface area contributed by atoms with Crippen molar-refractivity contribution in [1.82, 2.24) is 9.59 Å². The first kappa shape index (κ1) is 14.4. The highest BCUT2D eigenvalue weighted by atomic mass is 32.1. The third kappa shape index (κ3) is 2.76. The van der Waals surface area contributed by atoms with Crippen molar-refractivity contribution < 1.29 is 9.84 Å². The Hall–Kier alpha value is -0.520. The van der Waals surface area contributed by atoms with Crippen molar-refractivity contribution in [2.45, 2.75) is 70.0 Å². The summed E-state index contributed by atoms with van der Waals surface area (Å²) in [5.74, 6) is 0.305. The van der Waals surface area contributed by atoms with Gasteiger partial charge in [-0.2, -0.15) is 0 Å². The number of nitrogens with zero attached hydrogens (tertiary/aromatic N) is 2. The number of rotatable bonds is 4. The van der Waals surface area contributed by atoms with E-state index in [1.807, 2.05) is 0 Å². The second-order valence-electron chi connectivity index (χ2n) is 6.27. The Morgan fingerprint density at radius 3 is 3.00 bits per heavy atom. The summed E-state index contributed by atoms with van der Waals surface area (Å²) in [6.07, 6.45) is 8.37. The molecule has 0 amide bonds. The maximum absolute atomic E-state index is 10.8. The van der Waals surface area contributed by atoms with Gasteiger partial charge in [-0.3, -0.25) is 0 Å². The van der Waals surface area contributed by atoms with Crippen LogP contribution in [0.5, 0.6) is 0 Å². The van der Waals surface area contributed by atoms with Gasteiger partial charge >= 0.3 is 0 Å². The van der Waals surface area contributed by atoms with Crippen LogP contribution in [0.3, 0.4) is 0 Å². The van der Waals surface area contributed by atoms with Gasteiger partial charge < -0.3 is 9.84 Å². The molecule has 2 heterocycles. The topological polar surface area (TPSA) is 55.2 Å². The van der Waals surface area contributed by atoms with Crippen molar-refractivity contribution in [2.24, 2.45) is 5.92 Å². The van der Waals surface area contributed by atoms with E-state index in [0.717, 1.165) is 42.9 Å². The molecule has 112 valence electrons. The van der Waals surface area contributed by atoms with E-state index in [9.17, 15) is 5.11 Å². The van der Waals surface area contributed by atoms with E-state index in [2.05, 4.69) is 16.5 Å². The zero-order valence-corrected chi connectivity index (χ0v) is 13.0. The minimum absolute atomic E-state index is 0.0624. The molecule has 3 rings (SSSR count). The molecule has 1 saturated carbocycles. The summed E-state index contributed by atoms with van der Waals surface area (Å²) in [4.78, 5) is 0.992. The van der Waals surface area contributed by atoms with E-state index in [4.69, 9.17) is 4.74 Å². The highest BCUT2D eigenvalue weighted by molar-refractivity contribution is 7.05. The quantitative estimate of drug-likeness (QED) is 0.926. The molecule has 0 aromatic carbocycles. The maximum atomic E-state index is 10.8. The molecular weight excluding hydrogens is 272 g/mol. The molecule has 4 nitrogen and oxygen atoms in total. The molecule has 1 saturated heterocycles. The predicted molar refractivity (Wildman–Crippen MR) is 78.7 cm³/mol. The van der Waals surface area contributed by atoms with Crippen LogP contribution in [0.15, 0.2) is 0 Å². The van der Waals surface area contributed by atoms with Crippen molar-refractivity contribution >= 4 is 11.5 Å². The average molecular weight is 296 g/mol. The fourth-order valence-corrected chi connectivity index (χ4v) is 4.54. The Labute approximate surface area is 124 Å². The van der Waals surface area contributed by atoms with Gasteiger partial charge in [-0.1, -0.05) is 30.7 Å². The number of hydrogen-bond donors (Lipinski definition) is 1. The largest absolute Gasteiger partial charge is 0.387 e. The number of ether oxygens (including phenoxy) is 1. The lowest BCUT2D eigenvalue weighted by atomic mass is 9.81. The molecule has 20 heavy (non-hydrogen) atoms. The summed E-state index contributed by atoms with van der Waals surface area (Å²) < 4.78 is 10.1. The first-order valence-electron chi connectivity index (χ1n) is 7.87. The molecule has 1 aromatic heterocycles. The number of aliphatic hydroxyl groups is 1. The van der Waals surface area contributed by atoms with Crippen LogP contribution in [0.4, 0.5) is 0 Å². The lowest BCUT2D eigenvalue weighted by Crippen LogP contribution is -2.39. The van der Waals surface area contributed by atoms with Gasteiger partial charge in [0.15, 0.2) is 0 Å². The van der Waals surface area contributed by atoms with E-state index in [0.29, 0.717) is 5.92 Å². The Morgan fingerprint density at radius 2 is 2.25 bits per heavy atom. The predicted octanol–water partition coefficient (Wildman–Crippen LogP) is 3.26. The van der Waals surface area contributed by atoms with Crippen LogP contribution in [-0.4, -0.2) is 26.9 Å². The Balaban J connectivity index is 1.72. The minimum atomic E-state index is -0.405. The smallest absolute Gasteiger partial charge is 0.0947 e. The van der Waals surface area contributed by atoms with E-state index in [1.165, 1.54) is 37.2 Å². The third-order valence-corrected chi connectivity index (χ3v) is 5.67. The van der Waals surface area contributed by atoms with Crippen molar-refractivity contribution in [3.05, 3.63) is 10.6 Å². The number of aromatic nitrogens is 2. The average Bonchev–Trinajstić information content (AvgIpc) is 3.09. The monoisotopic (exact) mass is 296 g/mol. The van der Waals surface area contributed by atoms with Gasteiger partial charge in [0.2, 0.25) is 0 Å². The van der Waals surface area contributed by atoms with E-state index < -0.39 is 6.10 Å². The normalized spacial score (nSPS) is 27.0. The van der Waals surface area contributed by atoms with Crippen LogP contribution in [-0.2, 0) is 11.2 Å². The van der Waals surface area contributed by atoms with Crippen LogP contribution in [0.2, 0.25) is 0 Å². The van der Waals surface area contributed by atoms with Gasteiger partial charge in [0.25, 0.3) is 0 Å². The molecule has 5 heteroatoms. The molecule has 1 spiro atoms. The molecule has 1 N–H and O–H groups in total. The standard InChI is InChI=1S/C15H24N2O2S/c1-2-5-12-14(20-17-16-12)13(18)11-6-9-19-15(10-11)7-3-4-8-15/h11,13,18H,2-10H2,1H3. The fourth-order valence-electron chi connectivity index (χ4n) is 3.77. The van der Waals surface area contributed by atoms with Gasteiger partial charge in [0.05, 0.1) is 22.3 Å². The second-order valence-corrected chi connectivity index (χ2v) is 7.06. The lowest BCUT2D eigenvalue weighted by molar-refractivity contribution is -0.113. The van der Waals surface area contributed by atoms with Crippen LogP contribution in [0.1, 0.15) is 68.5 Å². The highest BCUT2D eigenvalue weighted by Gasteiger charge is 2.42. The van der Waals surface area contributed by atoms with Crippen molar-refractivity contribution in [3.8, 4) is 0 Å². The lowest BCUT2D eigenvalue weighted by Gasteiger charge is -2.39. The number of aliphatic hydroxyl groups excluding tert-OH is 1. The Bertz CT molecular complexity index is 443. The molecule has 2 unspecified atom stereocenters.